The Labute approximate surface area is 121 Å². The van der Waals surface area contributed by atoms with Crippen LogP contribution in [0.15, 0.2) is 59.2 Å². The van der Waals surface area contributed by atoms with Crippen LogP contribution in [0.4, 0.5) is 4.39 Å². The summed E-state index contributed by atoms with van der Waals surface area (Å²) in [5.41, 5.74) is 2.99. The van der Waals surface area contributed by atoms with E-state index < -0.39 is 0 Å². The first kappa shape index (κ1) is 13.2. The average Bonchev–Trinajstić information content (AvgIpc) is 2.83. The summed E-state index contributed by atoms with van der Waals surface area (Å²) in [4.78, 5) is 16.3. The SMILES string of the molecule is Cc1ccccc1C1=N/C(=C/c2ccc(F)cc2)C(=O)N1. The van der Waals surface area contributed by atoms with E-state index in [1.807, 2.05) is 31.2 Å². The molecule has 1 N–H and O–H groups in total. The molecule has 0 atom stereocenters. The molecule has 0 aromatic heterocycles. The van der Waals surface area contributed by atoms with Gasteiger partial charge >= 0.3 is 0 Å². The Morgan fingerprint density at radius 1 is 1.10 bits per heavy atom. The third kappa shape index (κ3) is 2.74. The number of benzene rings is 2. The Hall–Kier alpha value is -2.75. The van der Waals surface area contributed by atoms with Crippen LogP contribution in [0.25, 0.3) is 6.08 Å². The molecular weight excluding hydrogens is 267 g/mol. The zero-order chi connectivity index (χ0) is 14.8. The van der Waals surface area contributed by atoms with Gasteiger partial charge < -0.3 is 5.32 Å². The summed E-state index contributed by atoms with van der Waals surface area (Å²) in [6, 6.07) is 13.6. The normalized spacial score (nSPS) is 16.0. The quantitative estimate of drug-likeness (QED) is 0.844. The number of amidine groups is 1. The maximum absolute atomic E-state index is 12.9. The summed E-state index contributed by atoms with van der Waals surface area (Å²) in [6.45, 7) is 1.96. The van der Waals surface area contributed by atoms with Gasteiger partial charge in [-0.1, -0.05) is 36.4 Å². The van der Waals surface area contributed by atoms with Gasteiger partial charge in [0.1, 0.15) is 17.3 Å². The maximum Gasteiger partial charge on any atom is 0.275 e. The largest absolute Gasteiger partial charge is 0.305 e. The van der Waals surface area contributed by atoms with Crippen molar-refractivity contribution in [3.05, 3.63) is 76.7 Å². The summed E-state index contributed by atoms with van der Waals surface area (Å²) in [6.07, 6.45) is 1.64. The lowest BCUT2D eigenvalue weighted by Crippen LogP contribution is -2.25. The molecule has 2 aromatic rings. The fourth-order valence-electron chi connectivity index (χ4n) is 2.15. The number of carbonyl (C=O) groups excluding carboxylic acids is 1. The van der Waals surface area contributed by atoms with Crippen molar-refractivity contribution in [2.24, 2.45) is 4.99 Å². The van der Waals surface area contributed by atoms with Crippen LogP contribution in [0.3, 0.4) is 0 Å². The van der Waals surface area contributed by atoms with Crippen molar-refractivity contribution < 1.29 is 9.18 Å². The highest BCUT2D eigenvalue weighted by Gasteiger charge is 2.21. The number of rotatable bonds is 2. The lowest BCUT2D eigenvalue weighted by atomic mass is 10.1. The van der Waals surface area contributed by atoms with E-state index in [9.17, 15) is 9.18 Å². The van der Waals surface area contributed by atoms with E-state index in [1.165, 1.54) is 12.1 Å². The van der Waals surface area contributed by atoms with Crippen molar-refractivity contribution in [3.8, 4) is 0 Å². The first-order valence-electron chi connectivity index (χ1n) is 6.57. The van der Waals surface area contributed by atoms with Gasteiger partial charge in [-0.15, -0.1) is 0 Å². The maximum atomic E-state index is 12.9. The molecule has 1 aliphatic heterocycles. The Kier molecular flexibility index (Phi) is 3.36. The van der Waals surface area contributed by atoms with Gasteiger partial charge in [0, 0.05) is 5.56 Å². The number of nitrogens with one attached hydrogen (secondary N) is 1. The minimum Gasteiger partial charge on any atom is -0.305 e. The Morgan fingerprint density at radius 3 is 2.52 bits per heavy atom. The van der Waals surface area contributed by atoms with Crippen LogP contribution in [0.2, 0.25) is 0 Å². The minimum absolute atomic E-state index is 0.252. The van der Waals surface area contributed by atoms with Gasteiger partial charge in [-0.05, 0) is 36.3 Å². The number of carbonyl (C=O) groups is 1. The van der Waals surface area contributed by atoms with Crippen LogP contribution >= 0.6 is 0 Å². The molecule has 1 aliphatic rings. The lowest BCUT2D eigenvalue weighted by molar-refractivity contribution is -0.115. The Bertz CT molecular complexity index is 761. The molecule has 0 unspecified atom stereocenters. The highest BCUT2D eigenvalue weighted by molar-refractivity contribution is 6.20. The predicted octanol–water partition coefficient (Wildman–Crippen LogP) is 3.05. The second-order valence-corrected chi connectivity index (χ2v) is 4.81. The third-order valence-corrected chi connectivity index (χ3v) is 3.27. The molecule has 4 heteroatoms. The highest BCUT2D eigenvalue weighted by Crippen LogP contribution is 2.17. The monoisotopic (exact) mass is 280 g/mol. The second kappa shape index (κ2) is 5.32. The third-order valence-electron chi connectivity index (χ3n) is 3.27. The van der Waals surface area contributed by atoms with E-state index >= 15 is 0 Å². The number of amides is 1. The number of hydrogen-bond donors (Lipinski definition) is 1. The van der Waals surface area contributed by atoms with Crippen LogP contribution in [0.1, 0.15) is 16.7 Å². The first-order chi connectivity index (χ1) is 10.1. The van der Waals surface area contributed by atoms with E-state index in [4.69, 9.17) is 0 Å². The van der Waals surface area contributed by atoms with Crippen LogP contribution in [-0.2, 0) is 4.79 Å². The van der Waals surface area contributed by atoms with Crippen LogP contribution < -0.4 is 5.32 Å². The highest BCUT2D eigenvalue weighted by atomic mass is 19.1. The van der Waals surface area contributed by atoms with E-state index in [0.717, 1.165) is 16.7 Å². The molecule has 104 valence electrons. The fourth-order valence-corrected chi connectivity index (χ4v) is 2.15. The molecule has 0 spiro atoms. The van der Waals surface area contributed by atoms with Crippen molar-refractivity contribution in [1.29, 1.82) is 0 Å². The topological polar surface area (TPSA) is 41.5 Å². The molecule has 0 bridgehead atoms. The average molecular weight is 280 g/mol. The molecule has 0 saturated carbocycles. The molecule has 0 radical (unpaired) electrons. The standard InChI is InChI=1S/C17H13FN2O/c1-11-4-2-3-5-14(11)16-19-15(17(21)20-16)10-12-6-8-13(18)9-7-12/h2-10H,1H3,(H,19,20,21)/b15-10+. The van der Waals surface area contributed by atoms with E-state index in [-0.39, 0.29) is 11.7 Å². The summed E-state index contributed by atoms with van der Waals surface area (Å²) in [5, 5.41) is 2.76. The predicted molar refractivity (Wildman–Crippen MR) is 80.2 cm³/mol. The zero-order valence-electron chi connectivity index (χ0n) is 11.4. The van der Waals surface area contributed by atoms with Crippen molar-refractivity contribution in [2.45, 2.75) is 6.92 Å². The molecule has 1 amide bonds. The number of hydrogen-bond acceptors (Lipinski definition) is 2. The minimum atomic E-state index is -0.308. The van der Waals surface area contributed by atoms with E-state index in [1.54, 1.807) is 18.2 Å². The Balaban J connectivity index is 1.96. The first-order valence-corrected chi connectivity index (χ1v) is 6.57. The van der Waals surface area contributed by atoms with E-state index in [2.05, 4.69) is 10.3 Å². The van der Waals surface area contributed by atoms with Crippen molar-refractivity contribution in [2.75, 3.05) is 0 Å². The van der Waals surface area contributed by atoms with Crippen molar-refractivity contribution >= 4 is 17.8 Å². The number of nitrogens with zero attached hydrogens (tertiary/aromatic N) is 1. The summed E-state index contributed by atoms with van der Waals surface area (Å²) >= 11 is 0. The molecule has 1 heterocycles. The summed E-state index contributed by atoms with van der Waals surface area (Å²) < 4.78 is 12.9. The fraction of sp³-hybridized carbons (Fsp3) is 0.0588. The molecule has 21 heavy (non-hydrogen) atoms. The summed E-state index contributed by atoms with van der Waals surface area (Å²) in [7, 11) is 0. The van der Waals surface area contributed by atoms with Crippen molar-refractivity contribution in [1.82, 2.24) is 5.32 Å². The van der Waals surface area contributed by atoms with Gasteiger partial charge in [0.2, 0.25) is 0 Å². The molecule has 3 nitrogen and oxygen atoms in total. The molecular formula is C17H13FN2O. The summed E-state index contributed by atoms with van der Waals surface area (Å²) in [5.74, 6) is -0.0128. The van der Waals surface area contributed by atoms with Gasteiger partial charge in [-0.2, -0.15) is 0 Å². The lowest BCUT2D eigenvalue weighted by Gasteiger charge is -2.03. The molecule has 0 fully saturated rings. The van der Waals surface area contributed by atoms with Gasteiger partial charge in [-0.25, -0.2) is 9.38 Å². The zero-order valence-corrected chi connectivity index (χ0v) is 11.4. The van der Waals surface area contributed by atoms with E-state index in [0.29, 0.717) is 11.5 Å². The van der Waals surface area contributed by atoms with Crippen LogP contribution in [-0.4, -0.2) is 11.7 Å². The van der Waals surface area contributed by atoms with Crippen LogP contribution in [0.5, 0.6) is 0 Å². The second-order valence-electron chi connectivity index (χ2n) is 4.81. The molecule has 0 saturated heterocycles. The molecule has 2 aromatic carbocycles. The van der Waals surface area contributed by atoms with Gasteiger partial charge in [0.15, 0.2) is 0 Å². The molecule has 0 aliphatic carbocycles. The van der Waals surface area contributed by atoms with Gasteiger partial charge in [0.25, 0.3) is 5.91 Å². The number of aryl methyl sites for hydroxylation is 1. The smallest absolute Gasteiger partial charge is 0.275 e. The number of halogens is 1. The Morgan fingerprint density at radius 2 is 1.81 bits per heavy atom. The van der Waals surface area contributed by atoms with Crippen LogP contribution in [0, 0.1) is 12.7 Å². The molecule has 3 rings (SSSR count). The van der Waals surface area contributed by atoms with Crippen molar-refractivity contribution in [3.63, 3.8) is 0 Å². The van der Waals surface area contributed by atoms with Gasteiger partial charge in [-0.3, -0.25) is 4.79 Å². The van der Waals surface area contributed by atoms with Gasteiger partial charge in [0.05, 0.1) is 0 Å². The number of aliphatic imine (C=N–C) groups is 1.